The average Bonchev–Trinajstić information content (AvgIpc) is 2.21. The second kappa shape index (κ2) is 6.20. The SMILES string of the molecule is O=C(CO)[C@@H](O)[C@H](O)[C@H](O)COS(=O)(=O)O. The molecule has 0 unspecified atom stereocenters. The molecular weight excluding hydrogens is 248 g/mol. The number of aliphatic hydroxyl groups is 4. The highest BCUT2D eigenvalue weighted by Gasteiger charge is 2.30. The minimum Gasteiger partial charge on any atom is -0.388 e. The maximum Gasteiger partial charge on any atom is 0.397 e. The highest BCUT2D eigenvalue weighted by atomic mass is 32.3. The van der Waals surface area contributed by atoms with Crippen LogP contribution >= 0.6 is 0 Å². The van der Waals surface area contributed by atoms with E-state index < -0.39 is 47.7 Å². The van der Waals surface area contributed by atoms with E-state index in [1.807, 2.05) is 0 Å². The maximum atomic E-state index is 10.7. The van der Waals surface area contributed by atoms with Gasteiger partial charge in [-0.2, -0.15) is 8.42 Å². The first-order chi connectivity index (χ1) is 7.19. The van der Waals surface area contributed by atoms with Crippen LogP contribution in [0, 0.1) is 0 Å². The van der Waals surface area contributed by atoms with Gasteiger partial charge in [0.05, 0.1) is 6.61 Å². The Labute approximate surface area is 90.9 Å². The lowest BCUT2D eigenvalue weighted by Gasteiger charge is -2.20. The molecule has 9 nitrogen and oxygen atoms in total. The van der Waals surface area contributed by atoms with Crippen molar-refractivity contribution < 1.29 is 42.4 Å². The summed E-state index contributed by atoms with van der Waals surface area (Å²) in [7, 11) is -4.79. The Bertz CT molecular complexity index is 323. The van der Waals surface area contributed by atoms with Crippen LogP contribution in [0.4, 0.5) is 0 Å². The Balaban J connectivity index is 4.28. The summed E-state index contributed by atoms with van der Waals surface area (Å²) in [6.45, 7) is -2.10. The van der Waals surface area contributed by atoms with E-state index in [0.717, 1.165) is 0 Å². The molecule has 0 aromatic heterocycles. The number of ketones is 1. The topological polar surface area (TPSA) is 162 Å². The molecule has 96 valence electrons. The van der Waals surface area contributed by atoms with E-state index in [4.69, 9.17) is 25.0 Å². The van der Waals surface area contributed by atoms with Crippen molar-refractivity contribution in [1.29, 1.82) is 0 Å². The third-order valence-electron chi connectivity index (χ3n) is 1.59. The molecule has 16 heavy (non-hydrogen) atoms. The fraction of sp³-hybridized carbons (Fsp3) is 0.833. The molecule has 0 rings (SSSR count). The van der Waals surface area contributed by atoms with E-state index >= 15 is 0 Å². The summed E-state index contributed by atoms with van der Waals surface area (Å²) < 4.78 is 32.0. The predicted octanol–water partition coefficient (Wildman–Crippen LogP) is -3.55. The van der Waals surface area contributed by atoms with Crippen molar-refractivity contribution in [3.63, 3.8) is 0 Å². The van der Waals surface area contributed by atoms with Gasteiger partial charge in [-0.15, -0.1) is 0 Å². The Morgan fingerprint density at radius 1 is 1.25 bits per heavy atom. The highest BCUT2D eigenvalue weighted by Crippen LogP contribution is 2.03. The molecule has 0 heterocycles. The molecule has 10 heteroatoms. The number of hydrogen-bond donors (Lipinski definition) is 5. The van der Waals surface area contributed by atoms with Crippen molar-refractivity contribution in [3.8, 4) is 0 Å². The van der Waals surface area contributed by atoms with Gasteiger partial charge in [-0.3, -0.25) is 9.35 Å². The first-order valence-corrected chi connectivity index (χ1v) is 5.35. The summed E-state index contributed by atoms with van der Waals surface area (Å²) >= 11 is 0. The second-order valence-corrected chi connectivity index (χ2v) is 3.93. The van der Waals surface area contributed by atoms with Gasteiger partial charge in [0, 0.05) is 0 Å². The number of carbonyl (C=O) groups excluding carboxylic acids is 1. The molecular formula is C6H12O9S. The van der Waals surface area contributed by atoms with Crippen LogP contribution in [0.25, 0.3) is 0 Å². The van der Waals surface area contributed by atoms with E-state index in [-0.39, 0.29) is 0 Å². The lowest BCUT2D eigenvalue weighted by Crippen LogP contribution is -2.45. The molecule has 3 atom stereocenters. The van der Waals surface area contributed by atoms with Gasteiger partial charge in [-0.25, -0.2) is 4.18 Å². The molecule has 0 aromatic carbocycles. The fourth-order valence-corrected chi connectivity index (χ4v) is 1.06. The molecule has 0 aromatic rings. The molecule has 0 aliphatic carbocycles. The van der Waals surface area contributed by atoms with Crippen molar-refractivity contribution >= 4 is 16.2 Å². The fourth-order valence-electron chi connectivity index (χ4n) is 0.749. The van der Waals surface area contributed by atoms with E-state index in [1.165, 1.54) is 0 Å². The standard InChI is InChI=1S/C6H12O9S/c7-1-3(8)5(10)6(11)4(9)2-15-16(12,13)14/h4-7,9-11H,1-2H2,(H,12,13,14)/t4-,5-,6-/m1/s1. The minimum atomic E-state index is -4.79. The summed E-state index contributed by atoms with van der Waals surface area (Å²) in [4.78, 5) is 10.7. The van der Waals surface area contributed by atoms with Gasteiger partial charge in [0.2, 0.25) is 0 Å². The lowest BCUT2D eigenvalue weighted by molar-refractivity contribution is -0.142. The molecule has 5 N–H and O–H groups in total. The molecule has 0 amide bonds. The van der Waals surface area contributed by atoms with Gasteiger partial charge in [-0.05, 0) is 0 Å². The van der Waals surface area contributed by atoms with Gasteiger partial charge >= 0.3 is 10.4 Å². The van der Waals surface area contributed by atoms with E-state index in [2.05, 4.69) is 4.18 Å². The van der Waals surface area contributed by atoms with Gasteiger partial charge in [0.1, 0.15) is 24.9 Å². The van der Waals surface area contributed by atoms with Crippen LogP contribution in [-0.4, -0.2) is 70.7 Å². The van der Waals surface area contributed by atoms with Gasteiger partial charge in [-0.1, -0.05) is 0 Å². The van der Waals surface area contributed by atoms with Crippen LogP contribution in [0.15, 0.2) is 0 Å². The van der Waals surface area contributed by atoms with E-state index in [9.17, 15) is 13.2 Å². The Kier molecular flexibility index (Phi) is 5.96. The molecule has 0 bridgehead atoms. The third-order valence-corrected chi connectivity index (χ3v) is 2.03. The second-order valence-electron chi connectivity index (χ2n) is 2.84. The molecule has 0 aliphatic rings. The molecule has 0 saturated heterocycles. The van der Waals surface area contributed by atoms with Crippen LogP contribution in [-0.2, 0) is 19.4 Å². The summed E-state index contributed by atoms with van der Waals surface area (Å²) in [5.41, 5.74) is 0. The largest absolute Gasteiger partial charge is 0.397 e. The third kappa shape index (κ3) is 5.46. The molecule has 0 spiro atoms. The first kappa shape index (κ1) is 15.4. The number of Topliss-reactive ketones (excluding diaryl/α,β-unsaturated/α-hetero) is 1. The summed E-state index contributed by atoms with van der Waals surface area (Å²) in [6.07, 6.45) is -6.04. The van der Waals surface area contributed by atoms with E-state index in [0.29, 0.717) is 0 Å². The number of rotatable bonds is 7. The highest BCUT2D eigenvalue weighted by molar-refractivity contribution is 7.80. The number of aliphatic hydroxyl groups excluding tert-OH is 4. The average molecular weight is 260 g/mol. The monoisotopic (exact) mass is 260 g/mol. The van der Waals surface area contributed by atoms with Crippen molar-refractivity contribution in [2.75, 3.05) is 13.2 Å². The molecule has 0 radical (unpaired) electrons. The van der Waals surface area contributed by atoms with Crippen LogP contribution in [0.3, 0.4) is 0 Å². The quantitative estimate of drug-likeness (QED) is 0.292. The van der Waals surface area contributed by atoms with Gasteiger partial charge in [0.15, 0.2) is 5.78 Å². The molecule has 0 saturated carbocycles. The Morgan fingerprint density at radius 2 is 1.75 bits per heavy atom. The van der Waals surface area contributed by atoms with Crippen molar-refractivity contribution in [2.45, 2.75) is 18.3 Å². The molecule has 0 aliphatic heterocycles. The minimum absolute atomic E-state index is 1.05. The summed E-state index contributed by atoms with van der Waals surface area (Å²) in [5.74, 6) is -1.15. The van der Waals surface area contributed by atoms with Crippen LogP contribution in [0.1, 0.15) is 0 Å². The normalized spacial score (nSPS) is 17.8. The summed E-state index contributed by atoms with van der Waals surface area (Å²) in [6, 6.07) is 0. The lowest BCUT2D eigenvalue weighted by atomic mass is 10.1. The van der Waals surface area contributed by atoms with E-state index in [1.54, 1.807) is 0 Å². The smallest absolute Gasteiger partial charge is 0.388 e. The maximum absolute atomic E-state index is 10.7. The van der Waals surface area contributed by atoms with Gasteiger partial charge in [0.25, 0.3) is 0 Å². The van der Waals surface area contributed by atoms with Crippen LogP contribution in [0.2, 0.25) is 0 Å². The summed E-state index contributed by atoms with van der Waals surface area (Å²) in [5, 5.41) is 35.5. The van der Waals surface area contributed by atoms with Crippen molar-refractivity contribution in [3.05, 3.63) is 0 Å². The van der Waals surface area contributed by atoms with Gasteiger partial charge < -0.3 is 20.4 Å². The number of carbonyl (C=O) groups is 1. The zero-order chi connectivity index (χ0) is 12.9. The number of hydrogen-bond acceptors (Lipinski definition) is 8. The zero-order valence-corrected chi connectivity index (χ0v) is 8.74. The van der Waals surface area contributed by atoms with Crippen molar-refractivity contribution in [2.24, 2.45) is 0 Å². The Morgan fingerprint density at radius 3 is 2.12 bits per heavy atom. The molecule has 0 fully saturated rings. The predicted molar refractivity (Wildman–Crippen MR) is 47.6 cm³/mol. The van der Waals surface area contributed by atoms with Crippen molar-refractivity contribution in [1.82, 2.24) is 0 Å². The Hall–Kier alpha value is -0.620. The first-order valence-electron chi connectivity index (χ1n) is 3.98. The zero-order valence-electron chi connectivity index (χ0n) is 7.92. The van der Waals surface area contributed by atoms with Crippen LogP contribution in [0.5, 0.6) is 0 Å². The van der Waals surface area contributed by atoms with Crippen LogP contribution < -0.4 is 0 Å².